The summed E-state index contributed by atoms with van der Waals surface area (Å²) in [7, 11) is 0. The van der Waals surface area contributed by atoms with Crippen molar-refractivity contribution in [3.05, 3.63) is 24.3 Å². The van der Waals surface area contributed by atoms with Gasteiger partial charge in [0.25, 0.3) is 0 Å². The molecular formula is C13H19N3O2. The van der Waals surface area contributed by atoms with Gasteiger partial charge in [0.15, 0.2) is 0 Å². The number of ether oxygens (including phenoxy) is 1. The molecule has 1 unspecified atom stereocenters. The summed E-state index contributed by atoms with van der Waals surface area (Å²) in [5.74, 6) is 0.589. The maximum absolute atomic E-state index is 11.7. The van der Waals surface area contributed by atoms with Gasteiger partial charge >= 0.3 is 0 Å². The van der Waals surface area contributed by atoms with Crippen molar-refractivity contribution in [1.29, 1.82) is 0 Å². The molecular weight excluding hydrogens is 230 g/mol. The molecule has 0 saturated carbocycles. The fraction of sp³-hybridized carbons (Fsp3) is 0.538. The van der Waals surface area contributed by atoms with E-state index in [0.717, 1.165) is 12.8 Å². The second kappa shape index (κ2) is 5.35. The summed E-state index contributed by atoms with van der Waals surface area (Å²) in [6, 6.07) is 0.183. The van der Waals surface area contributed by atoms with Crippen LogP contribution in [0, 0.1) is 0 Å². The van der Waals surface area contributed by atoms with Gasteiger partial charge in [-0.3, -0.25) is 4.79 Å². The van der Waals surface area contributed by atoms with E-state index in [-0.39, 0.29) is 17.6 Å². The summed E-state index contributed by atoms with van der Waals surface area (Å²) in [6.07, 6.45) is 8.25. The van der Waals surface area contributed by atoms with Crippen LogP contribution in [-0.2, 0) is 9.53 Å². The van der Waals surface area contributed by atoms with Crippen LogP contribution in [0.15, 0.2) is 18.5 Å². The van der Waals surface area contributed by atoms with E-state index in [2.05, 4.69) is 15.3 Å². The van der Waals surface area contributed by atoms with Gasteiger partial charge in [-0.1, -0.05) is 0 Å². The number of nitrogens with zero attached hydrogens (tertiary/aromatic N) is 1. The number of carbonyl (C=O) groups excluding carboxylic acids is 1. The molecule has 1 aliphatic heterocycles. The zero-order chi connectivity index (χ0) is 13.0. The molecule has 1 amide bonds. The first-order valence-electron chi connectivity index (χ1n) is 6.17. The topological polar surface area (TPSA) is 67.0 Å². The first-order valence-corrected chi connectivity index (χ1v) is 6.17. The van der Waals surface area contributed by atoms with E-state index in [1.165, 1.54) is 6.08 Å². The number of hydrogen-bond donors (Lipinski definition) is 2. The lowest BCUT2D eigenvalue weighted by Crippen LogP contribution is -2.45. The van der Waals surface area contributed by atoms with Crippen LogP contribution >= 0.6 is 0 Å². The number of aromatic amines is 1. The molecule has 2 heterocycles. The Hall–Kier alpha value is -1.62. The van der Waals surface area contributed by atoms with Crippen LogP contribution < -0.4 is 5.32 Å². The van der Waals surface area contributed by atoms with Gasteiger partial charge in [-0.05, 0) is 32.8 Å². The molecule has 2 N–H and O–H groups in total. The van der Waals surface area contributed by atoms with Crippen molar-refractivity contribution in [3.63, 3.8) is 0 Å². The van der Waals surface area contributed by atoms with E-state index in [0.29, 0.717) is 12.4 Å². The number of hydrogen-bond acceptors (Lipinski definition) is 3. The van der Waals surface area contributed by atoms with Gasteiger partial charge in [0, 0.05) is 31.1 Å². The van der Waals surface area contributed by atoms with Crippen molar-refractivity contribution >= 4 is 12.0 Å². The predicted molar refractivity (Wildman–Crippen MR) is 68.8 cm³/mol. The second-order valence-electron chi connectivity index (χ2n) is 5.11. The number of H-pyrrole nitrogens is 1. The van der Waals surface area contributed by atoms with Gasteiger partial charge in [0.1, 0.15) is 5.82 Å². The lowest BCUT2D eigenvalue weighted by molar-refractivity contribution is -0.119. The Morgan fingerprint density at radius 2 is 2.50 bits per heavy atom. The van der Waals surface area contributed by atoms with Gasteiger partial charge in [0.05, 0.1) is 5.60 Å². The molecule has 0 bridgehead atoms. The monoisotopic (exact) mass is 249 g/mol. The molecule has 1 atom stereocenters. The Morgan fingerprint density at radius 1 is 1.67 bits per heavy atom. The maximum Gasteiger partial charge on any atom is 0.244 e. The minimum atomic E-state index is -0.152. The number of rotatable bonds is 3. The summed E-state index contributed by atoms with van der Waals surface area (Å²) < 4.78 is 5.61. The summed E-state index contributed by atoms with van der Waals surface area (Å²) in [6.45, 7) is 4.79. The highest BCUT2D eigenvalue weighted by atomic mass is 16.5. The number of nitrogens with one attached hydrogen (secondary N) is 2. The summed E-state index contributed by atoms with van der Waals surface area (Å²) in [4.78, 5) is 18.7. The zero-order valence-corrected chi connectivity index (χ0v) is 10.8. The third kappa shape index (κ3) is 3.70. The number of carbonyl (C=O) groups is 1. The van der Waals surface area contributed by atoms with Crippen molar-refractivity contribution in [1.82, 2.24) is 15.3 Å². The van der Waals surface area contributed by atoms with Crippen molar-refractivity contribution in [3.8, 4) is 0 Å². The van der Waals surface area contributed by atoms with E-state index >= 15 is 0 Å². The van der Waals surface area contributed by atoms with Crippen LogP contribution in [0.4, 0.5) is 0 Å². The van der Waals surface area contributed by atoms with Gasteiger partial charge in [-0.2, -0.15) is 0 Å². The number of imidazole rings is 1. The van der Waals surface area contributed by atoms with E-state index < -0.39 is 0 Å². The predicted octanol–water partition coefficient (Wildman–Crippen LogP) is 1.50. The molecule has 2 rings (SSSR count). The van der Waals surface area contributed by atoms with Gasteiger partial charge < -0.3 is 15.0 Å². The smallest absolute Gasteiger partial charge is 0.244 e. The van der Waals surface area contributed by atoms with Crippen LogP contribution in [0.5, 0.6) is 0 Å². The van der Waals surface area contributed by atoms with Gasteiger partial charge in [0.2, 0.25) is 5.91 Å². The molecule has 18 heavy (non-hydrogen) atoms. The second-order valence-corrected chi connectivity index (χ2v) is 5.11. The van der Waals surface area contributed by atoms with E-state index in [1.54, 1.807) is 18.5 Å². The van der Waals surface area contributed by atoms with E-state index in [1.807, 2.05) is 13.8 Å². The van der Waals surface area contributed by atoms with E-state index in [4.69, 9.17) is 4.74 Å². The Balaban J connectivity index is 1.84. The third-order valence-corrected chi connectivity index (χ3v) is 2.96. The molecule has 1 fully saturated rings. The average Bonchev–Trinajstić information content (AvgIpc) is 2.77. The number of aromatic nitrogens is 2. The minimum Gasteiger partial charge on any atom is -0.375 e. The highest BCUT2D eigenvalue weighted by Gasteiger charge is 2.29. The summed E-state index contributed by atoms with van der Waals surface area (Å²) in [5, 5.41) is 2.99. The molecule has 1 saturated heterocycles. The lowest BCUT2D eigenvalue weighted by atomic mass is 9.94. The normalized spacial score (nSPS) is 23.1. The highest BCUT2D eigenvalue weighted by molar-refractivity contribution is 5.91. The standard InChI is InChI=1S/C13H19N3O2/c1-13(2)9-10(5-8-18-13)16-12(17)4-3-11-14-6-7-15-11/h3-4,6-7,10H,5,8-9H2,1-2H3,(H,14,15)(H,16,17). The third-order valence-electron chi connectivity index (χ3n) is 2.96. The number of amides is 1. The summed E-state index contributed by atoms with van der Waals surface area (Å²) >= 11 is 0. The van der Waals surface area contributed by atoms with Crippen LogP contribution in [0.1, 0.15) is 32.5 Å². The maximum atomic E-state index is 11.7. The van der Waals surface area contributed by atoms with E-state index in [9.17, 15) is 4.79 Å². The molecule has 1 aliphatic rings. The highest BCUT2D eigenvalue weighted by Crippen LogP contribution is 2.23. The SMILES string of the molecule is CC1(C)CC(NC(=O)C=Cc2ncc[nH]2)CCO1. The quantitative estimate of drug-likeness (QED) is 0.798. The molecule has 0 radical (unpaired) electrons. The minimum absolute atomic E-state index is 0.0888. The molecule has 1 aromatic heterocycles. The molecule has 1 aromatic rings. The summed E-state index contributed by atoms with van der Waals surface area (Å²) in [5.41, 5.74) is -0.152. The Labute approximate surface area is 107 Å². The fourth-order valence-electron chi connectivity index (χ4n) is 2.13. The Kier molecular flexibility index (Phi) is 3.81. The fourth-order valence-corrected chi connectivity index (χ4v) is 2.13. The first-order chi connectivity index (χ1) is 8.55. The van der Waals surface area contributed by atoms with Gasteiger partial charge in [-0.25, -0.2) is 4.98 Å². The van der Waals surface area contributed by atoms with Crippen LogP contribution in [0.25, 0.3) is 6.08 Å². The lowest BCUT2D eigenvalue weighted by Gasteiger charge is -2.35. The molecule has 0 spiro atoms. The molecule has 0 aliphatic carbocycles. The largest absolute Gasteiger partial charge is 0.375 e. The molecule has 98 valence electrons. The first kappa shape index (κ1) is 12.8. The van der Waals surface area contributed by atoms with Crippen LogP contribution in [0.3, 0.4) is 0 Å². The van der Waals surface area contributed by atoms with Crippen LogP contribution in [0.2, 0.25) is 0 Å². The van der Waals surface area contributed by atoms with Crippen molar-refractivity contribution in [2.24, 2.45) is 0 Å². The van der Waals surface area contributed by atoms with Crippen LogP contribution in [-0.4, -0.2) is 34.1 Å². The average molecular weight is 249 g/mol. The molecule has 5 heteroatoms. The molecule has 0 aromatic carbocycles. The Morgan fingerprint density at radius 3 is 3.17 bits per heavy atom. The van der Waals surface area contributed by atoms with Crippen molar-refractivity contribution < 1.29 is 9.53 Å². The molecule has 5 nitrogen and oxygen atoms in total. The zero-order valence-electron chi connectivity index (χ0n) is 10.8. The van der Waals surface area contributed by atoms with Crippen molar-refractivity contribution in [2.45, 2.75) is 38.3 Å². The van der Waals surface area contributed by atoms with Crippen molar-refractivity contribution in [2.75, 3.05) is 6.61 Å². The van der Waals surface area contributed by atoms with Gasteiger partial charge in [-0.15, -0.1) is 0 Å². The Bertz CT molecular complexity index is 423.